The quantitative estimate of drug-likeness (QED) is 0.822. The Balaban J connectivity index is 1.61. The molecule has 23 heavy (non-hydrogen) atoms. The molecule has 0 saturated carbocycles. The number of hydrogen-bond donors (Lipinski definition) is 1. The van der Waals surface area contributed by atoms with E-state index in [0.717, 1.165) is 31.0 Å². The normalized spacial score (nSPS) is 18.5. The molecule has 3 rings (SSSR count). The third-order valence-electron chi connectivity index (χ3n) is 3.96. The highest BCUT2D eigenvalue weighted by Gasteiger charge is 2.22. The van der Waals surface area contributed by atoms with Crippen molar-refractivity contribution in [3.05, 3.63) is 51.7 Å². The van der Waals surface area contributed by atoms with Gasteiger partial charge in [-0.2, -0.15) is 11.8 Å². The largest absolute Gasteiger partial charge is 0.324 e. The van der Waals surface area contributed by atoms with Crippen LogP contribution in [0.3, 0.4) is 0 Å². The zero-order chi connectivity index (χ0) is 16.2. The lowest BCUT2D eigenvalue weighted by molar-refractivity contribution is 0.215. The number of amides is 2. The number of thioether (sulfide) groups is 1. The Hall–Kier alpha value is -1.46. The molecule has 2 amide bonds. The molecule has 1 unspecified atom stereocenters. The monoisotopic (exact) mass is 346 g/mol. The molecule has 1 aromatic heterocycles. The number of benzene rings is 1. The van der Waals surface area contributed by atoms with E-state index < -0.39 is 0 Å². The Kier molecular flexibility index (Phi) is 5.28. The lowest BCUT2D eigenvalue weighted by Gasteiger charge is -2.21. The molecule has 1 fully saturated rings. The molecule has 1 aliphatic rings. The Labute approximate surface area is 146 Å². The van der Waals surface area contributed by atoms with Crippen LogP contribution in [0.1, 0.15) is 27.7 Å². The van der Waals surface area contributed by atoms with E-state index in [0.29, 0.717) is 5.25 Å². The van der Waals surface area contributed by atoms with Gasteiger partial charge in [0.2, 0.25) is 0 Å². The third-order valence-corrected chi connectivity index (χ3v) is 6.41. The van der Waals surface area contributed by atoms with Gasteiger partial charge in [0.25, 0.3) is 0 Å². The summed E-state index contributed by atoms with van der Waals surface area (Å²) < 4.78 is 0. The Morgan fingerprint density at radius 3 is 2.70 bits per heavy atom. The molecule has 5 heteroatoms. The highest BCUT2D eigenvalue weighted by atomic mass is 32.2. The Morgan fingerprint density at radius 2 is 2.00 bits per heavy atom. The molecule has 1 aromatic carbocycles. The van der Waals surface area contributed by atoms with Gasteiger partial charge in [0.1, 0.15) is 0 Å². The molecule has 1 saturated heterocycles. The van der Waals surface area contributed by atoms with Crippen molar-refractivity contribution >= 4 is 34.8 Å². The van der Waals surface area contributed by atoms with Crippen LogP contribution in [-0.2, 0) is 0 Å². The number of nitrogens with one attached hydrogen (secondary N) is 1. The van der Waals surface area contributed by atoms with Gasteiger partial charge in [-0.15, -0.1) is 11.3 Å². The predicted octanol–water partition coefficient (Wildman–Crippen LogP) is 5.08. The van der Waals surface area contributed by atoms with Crippen molar-refractivity contribution in [3.8, 4) is 0 Å². The summed E-state index contributed by atoms with van der Waals surface area (Å²) in [5.74, 6) is 0.989. The summed E-state index contributed by atoms with van der Waals surface area (Å²) in [5, 5.41) is 5.70. The number of anilines is 1. The molecule has 2 aromatic rings. The molecule has 0 bridgehead atoms. The molecule has 122 valence electrons. The zero-order valence-electron chi connectivity index (χ0n) is 13.5. The number of aryl methyl sites for hydroxylation is 2. The number of urea groups is 1. The first kappa shape index (κ1) is 16.4. The van der Waals surface area contributed by atoms with Crippen LogP contribution in [0, 0.1) is 13.8 Å². The molecule has 2 heterocycles. The third kappa shape index (κ3) is 4.30. The lowest BCUT2D eigenvalue weighted by Crippen LogP contribution is -2.36. The van der Waals surface area contributed by atoms with Crippen molar-refractivity contribution < 1.29 is 4.79 Å². The summed E-state index contributed by atoms with van der Waals surface area (Å²) in [4.78, 5) is 15.9. The minimum Gasteiger partial charge on any atom is -0.324 e. The highest BCUT2D eigenvalue weighted by Crippen LogP contribution is 2.36. The van der Waals surface area contributed by atoms with Crippen molar-refractivity contribution in [2.75, 3.05) is 24.2 Å². The van der Waals surface area contributed by atoms with Crippen LogP contribution in [0.4, 0.5) is 10.5 Å². The molecule has 3 nitrogen and oxygen atoms in total. The predicted molar refractivity (Wildman–Crippen MR) is 101 cm³/mol. The van der Waals surface area contributed by atoms with Crippen LogP contribution >= 0.6 is 23.1 Å². The smallest absolute Gasteiger partial charge is 0.321 e. The molecule has 0 radical (unpaired) electrons. The minimum atomic E-state index is 0.0161. The van der Waals surface area contributed by atoms with E-state index in [9.17, 15) is 4.79 Å². The lowest BCUT2D eigenvalue weighted by atomic mass is 10.1. The van der Waals surface area contributed by atoms with Gasteiger partial charge in [-0.1, -0.05) is 12.1 Å². The number of nitrogens with zero attached hydrogens (tertiary/aromatic N) is 1. The van der Waals surface area contributed by atoms with Crippen LogP contribution in [0.5, 0.6) is 0 Å². The maximum Gasteiger partial charge on any atom is 0.321 e. The van der Waals surface area contributed by atoms with Gasteiger partial charge < -0.3 is 10.2 Å². The Morgan fingerprint density at radius 1 is 1.22 bits per heavy atom. The van der Waals surface area contributed by atoms with Crippen LogP contribution < -0.4 is 5.32 Å². The first-order valence-electron chi connectivity index (χ1n) is 7.91. The van der Waals surface area contributed by atoms with Crippen LogP contribution in [0.25, 0.3) is 0 Å². The average molecular weight is 347 g/mol. The molecule has 1 atom stereocenters. The summed E-state index contributed by atoms with van der Waals surface area (Å²) in [7, 11) is 0. The number of rotatable bonds is 2. The van der Waals surface area contributed by atoms with Crippen molar-refractivity contribution in [2.45, 2.75) is 25.5 Å². The molecule has 1 aliphatic heterocycles. The van der Waals surface area contributed by atoms with Crippen molar-refractivity contribution in [2.24, 2.45) is 0 Å². The fraction of sp³-hybridized carbons (Fsp3) is 0.389. The average Bonchev–Trinajstić information content (AvgIpc) is 2.90. The second-order valence-electron chi connectivity index (χ2n) is 5.96. The van der Waals surface area contributed by atoms with Crippen LogP contribution in [0.2, 0.25) is 0 Å². The number of thiophene rings is 1. The van der Waals surface area contributed by atoms with E-state index in [1.165, 1.54) is 16.0 Å². The first-order valence-corrected chi connectivity index (χ1v) is 9.84. The number of carbonyl (C=O) groups excluding carboxylic acids is 1. The van der Waals surface area contributed by atoms with Gasteiger partial charge in [-0.3, -0.25) is 0 Å². The van der Waals surface area contributed by atoms with Gasteiger partial charge >= 0.3 is 6.03 Å². The summed E-state index contributed by atoms with van der Waals surface area (Å²) in [6, 6.07) is 10.5. The zero-order valence-corrected chi connectivity index (χ0v) is 15.2. The second kappa shape index (κ2) is 7.41. The molecular formula is C18H22N2OS2. The van der Waals surface area contributed by atoms with Gasteiger partial charge in [0.15, 0.2) is 0 Å². The highest BCUT2D eigenvalue weighted by molar-refractivity contribution is 7.99. The first-order chi connectivity index (χ1) is 11.1. The fourth-order valence-electron chi connectivity index (χ4n) is 2.92. The minimum absolute atomic E-state index is 0.0161. The SMILES string of the molecule is Cc1cc(C)cc(NC(=O)N2CCSC(c3cccs3)CC2)c1. The van der Waals surface area contributed by atoms with Crippen molar-refractivity contribution in [1.82, 2.24) is 4.90 Å². The summed E-state index contributed by atoms with van der Waals surface area (Å²) in [6.07, 6.45) is 1.02. The van der Waals surface area contributed by atoms with Gasteiger partial charge in [-0.05, 0) is 55.0 Å². The molecular weight excluding hydrogens is 324 g/mol. The standard InChI is InChI=1S/C18H22N2OS2/c1-13-10-14(2)12-15(11-13)19-18(21)20-6-5-17(23-9-7-20)16-4-3-8-22-16/h3-4,8,10-12,17H,5-7,9H2,1-2H3,(H,19,21). The fourth-order valence-corrected chi connectivity index (χ4v) is 5.16. The maximum atomic E-state index is 12.5. The summed E-state index contributed by atoms with van der Waals surface area (Å²) >= 11 is 3.78. The van der Waals surface area contributed by atoms with E-state index in [1.807, 2.05) is 40.1 Å². The van der Waals surface area contributed by atoms with Crippen molar-refractivity contribution in [3.63, 3.8) is 0 Å². The molecule has 1 N–H and O–H groups in total. The molecule has 0 aliphatic carbocycles. The van der Waals surface area contributed by atoms with Gasteiger partial charge in [-0.25, -0.2) is 4.79 Å². The van der Waals surface area contributed by atoms with Crippen LogP contribution in [-0.4, -0.2) is 29.8 Å². The van der Waals surface area contributed by atoms with E-state index in [-0.39, 0.29) is 6.03 Å². The second-order valence-corrected chi connectivity index (χ2v) is 8.25. The summed E-state index contributed by atoms with van der Waals surface area (Å²) in [5.41, 5.74) is 3.23. The molecule has 0 spiro atoms. The van der Waals surface area contributed by atoms with Gasteiger partial charge in [0.05, 0.1) is 0 Å². The number of carbonyl (C=O) groups is 1. The van der Waals surface area contributed by atoms with Crippen molar-refractivity contribution in [1.29, 1.82) is 0 Å². The summed E-state index contributed by atoms with van der Waals surface area (Å²) in [6.45, 7) is 5.73. The van der Waals surface area contributed by atoms with E-state index >= 15 is 0 Å². The maximum absolute atomic E-state index is 12.5. The van der Waals surface area contributed by atoms with E-state index in [1.54, 1.807) is 0 Å². The Bertz CT molecular complexity index is 649. The number of hydrogen-bond acceptors (Lipinski definition) is 3. The topological polar surface area (TPSA) is 32.3 Å². The van der Waals surface area contributed by atoms with E-state index in [2.05, 4.69) is 42.7 Å². The van der Waals surface area contributed by atoms with Gasteiger partial charge in [0, 0.05) is 34.7 Å². The van der Waals surface area contributed by atoms with Crippen LogP contribution in [0.15, 0.2) is 35.7 Å². The van der Waals surface area contributed by atoms with E-state index in [4.69, 9.17) is 0 Å².